The summed E-state index contributed by atoms with van der Waals surface area (Å²) in [6.45, 7) is 1.95. The number of ether oxygens (including phenoxy) is 1. The van der Waals surface area contributed by atoms with Gasteiger partial charge in [-0.25, -0.2) is 9.18 Å². The predicted molar refractivity (Wildman–Crippen MR) is 76.2 cm³/mol. The van der Waals surface area contributed by atoms with Crippen molar-refractivity contribution in [3.8, 4) is 0 Å². The number of carbonyl (C=O) groups excluding carboxylic acids is 1. The average molecular weight is 342 g/mol. The molecule has 0 aliphatic carbocycles. The number of hydrogen-bond acceptors (Lipinski definition) is 4. The highest BCUT2D eigenvalue weighted by atomic mass is 79.9. The quantitative estimate of drug-likeness (QED) is 0.857. The number of hydrogen-bond donors (Lipinski definition) is 1. The molecule has 1 N–H and O–H groups in total. The van der Waals surface area contributed by atoms with Crippen molar-refractivity contribution in [3.63, 3.8) is 0 Å². The van der Waals surface area contributed by atoms with Gasteiger partial charge in [0.15, 0.2) is 0 Å². The summed E-state index contributed by atoms with van der Waals surface area (Å²) in [5.74, 6) is 0.193. The van der Waals surface area contributed by atoms with Crippen LogP contribution in [-0.2, 0) is 11.3 Å². The molecule has 1 heterocycles. The molecule has 0 saturated heterocycles. The molecule has 106 valence electrons. The lowest BCUT2D eigenvalue weighted by molar-refractivity contribution is 0.0599. The van der Waals surface area contributed by atoms with E-state index < -0.39 is 5.97 Å². The third-order valence-corrected chi connectivity index (χ3v) is 3.25. The molecule has 2 rings (SSSR count). The van der Waals surface area contributed by atoms with Crippen LogP contribution in [0.3, 0.4) is 0 Å². The predicted octanol–water partition coefficient (Wildman–Crippen LogP) is 3.89. The van der Waals surface area contributed by atoms with Gasteiger partial charge in [-0.2, -0.15) is 0 Å². The Morgan fingerprint density at radius 2 is 2.20 bits per heavy atom. The van der Waals surface area contributed by atoms with E-state index in [1.54, 1.807) is 25.1 Å². The maximum atomic E-state index is 13.6. The molecule has 1 aromatic carbocycles. The average Bonchev–Trinajstić information content (AvgIpc) is 2.78. The Hall–Kier alpha value is -1.82. The van der Waals surface area contributed by atoms with E-state index in [4.69, 9.17) is 4.42 Å². The van der Waals surface area contributed by atoms with Crippen molar-refractivity contribution < 1.29 is 18.3 Å². The first-order chi connectivity index (χ1) is 9.51. The molecule has 4 nitrogen and oxygen atoms in total. The zero-order valence-electron chi connectivity index (χ0n) is 11.0. The summed E-state index contributed by atoms with van der Waals surface area (Å²) in [5, 5.41) is 2.91. The van der Waals surface area contributed by atoms with Crippen LogP contribution in [0.5, 0.6) is 0 Å². The lowest BCUT2D eigenvalue weighted by Crippen LogP contribution is -2.02. The van der Waals surface area contributed by atoms with Gasteiger partial charge in [-0.15, -0.1) is 0 Å². The molecular formula is C14H13BrFNO3. The maximum absolute atomic E-state index is 13.6. The lowest BCUT2D eigenvalue weighted by Gasteiger charge is -2.05. The maximum Gasteiger partial charge on any atom is 0.341 e. The summed E-state index contributed by atoms with van der Waals surface area (Å²) in [6, 6.07) is 6.32. The van der Waals surface area contributed by atoms with Gasteiger partial charge in [0.05, 0.1) is 19.3 Å². The van der Waals surface area contributed by atoms with E-state index in [1.165, 1.54) is 13.2 Å². The molecule has 2 aromatic rings. The third kappa shape index (κ3) is 3.19. The summed E-state index contributed by atoms with van der Waals surface area (Å²) in [7, 11) is 1.31. The largest absolute Gasteiger partial charge is 0.465 e. The Morgan fingerprint density at radius 3 is 2.85 bits per heavy atom. The van der Waals surface area contributed by atoms with Crippen LogP contribution >= 0.6 is 15.9 Å². The van der Waals surface area contributed by atoms with E-state index in [9.17, 15) is 9.18 Å². The fourth-order valence-corrected chi connectivity index (χ4v) is 2.09. The Bertz CT molecular complexity index is 639. The van der Waals surface area contributed by atoms with Crippen LogP contribution in [-0.4, -0.2) is 13.1 Å². The Labute approximate surface area is 124 Å². The van der Waals surface area contributed by atoms with Crippen LogP contribution in [0.15, 0.2) is 33.2 Å². The molecule has 0 radical (unpaired) electrons. The second-order valence-electron chi connectivity index (χ2n) is 4.15. The Balaban J connectivity index is 2.09. The van der Waals surface area contributed by atoms with Gasteiger partial charge in [0.1, 0.15) is 22.9 Å². The molecule has 0 aliphatic heterocycles. The van der Waals surface area contributed by atoms with Gasteiger partial charge in [0, 0.05) is 4.47 Å². The standard InChI is InChI=1S/C14H13BrFNO3/c1-8-11(14(18)19-2)6-10(20-8)7-17-13-4-3-9(15)5-12(13)16/h3-6,17H,7H2,1-2H3. The smallest absolute Gasteiger partial charge is 0.341 e. The summed E-state index contributed by atoms with van der Waals surface area (Å²) in [5.41, 5.74) is 0.738. The number of furan rings is 1. The van der Waals surface area contributed by atoms with Crippen molar-refractivity contribution >= 4 is 27.6 Å². The summed E-state index contributed by atoms with van der Waals surface area (Å²) < 4.78 is 24.4. The van der Waals surface area contributed by atoms with E-state index in [0.29, 0.717) is 27.2 Å². The van der Waals surface area contributed by atoms with Crippen molar-refractivity contribution in [2.24, 2.45) is 0 Å². The molecule has 0 fully saturated rings. The molecule has 0 spiro atoms. The number of methoxy groups -OCH3 is 1. The first-order valence-corrected chi connectivity index (χ1v) is 6.67. The number of halogens is 2. The lowest BCUT2D eigenvalue weighted by atomic mass is 10.2. The normalized spacial score (nSPS) is 10.4. The van der Waals surface area contributed by atoms with Gasteiger partial charge in [0.25, 0.3) is 0 Å². The SMILES string of the molecule is COC(=O)c1cc(CNc2ccc(Br)cc2F)oc1C. The highest BCUT2D eigenvalue weighted by molar-refractivity contribution is 9.10. The third-order valence-electron chi connectivity index (χ3n) is 2.76. The number of esters is 1. The van der Waals surface area contributed by atoms with Gasteiger partial charge >= 0.3 is 5.97 Å². The number of rotatable bonds is 4. The molecule has 0 amide bonds. The first kappa shape index (κ1) is 14.6. The minimum absolute atomic E-state index is 0.274. The van der Waals surface area contributed by atoms with E-state index in [-0.39, 0.29) is 12.4 Å². The van der Waals surface area contributed by atoms with E-state index in [2.05, 4.69) is 26.0 Å². The molecule has 0 aliphatic rings. The van der Waals surface area contributed by atoms with Gasteiger partial charge in [-0.05, 0) is 31.2 Å². The first-order valence-electron chi connectivity index (χ1n) is 5.88. The second kappa shape index (κ2) is 6.09. The topological polar surface area (TPSA) is 51.5 Å². The van der Waals surface area contributed by atoms with Crippen molar-refractivity contribution in [3.05, 3.63) is 51.6 Å². The monoisotopic (exact) mass is 341 g/mol. The van der Waals surface area contributed by atoms with Crippen molar-refractivity contribution in [1.82, 2.24) is 0 Å². The highest BCUT2D eigenvalue weighted by Gasteiger charge is 2.15. The van der Waals surface area contributed by atoms with Gasteiger partial charge in [-0.1, -0.05) is 15.9 Å². The van der Waals surface area contributed by atoms with Crippen molar-refractivity contribution in [2.45, 2.75) is 13.5 Å². The molecule has 0 unspecified atom stereocenters. The zero-order valence-corrected chi connectivity index (χ0v) is 12.6. The molecule has 1 aromatic heterocycles. The van der Waals surface area contributed by atoms with Crippen LogP contribution in [0.2, 0.25) is 0 Å². The number of anilines is 1. The van der Waals surface area contributed by atoms with Crippen LogP contribution in [0.4, 0.5) is 10.1 Å². The van der Waals surface area contributed by atoms with Gasteiger partial charge < -0.3 is 14.5 Å². The molecule has 0 saturated carbocycles. The number of aryl methyl sites for hydroxylation is 1. The summed E-state index contributed by atoms with van der Waals surface area (Å²) >= 11 is 3.19. The Morgan fingerprint density at radius 1 is 1.45 bits per heavy atom. The van der Waals surface area contributed by atoms with E-state index in [0.717, 1.165) is 0 Å². The van der Waals surface area contributed by atoms with Crippen LogP contribution in [0.25, 0.3) is 0 Å². The Kier molecular flexibility index (Phi) is 4.44. The van der Waals surface area contributed by atoms with Crippen LogP contribution < -0.4 is 5.32 Å². The molecule has 0 bridgehead atoms. The fourth-order valence-electron chi connectivity index (χ4n) is 1.76. The van der Waals surface area contributed by atoms with Crippen LogP contribution in [0.1, 0.15) is 21.9 Å². The minimum Gasteiger partial charge on any atom is -0.465 e. The summed E-state index contributed by atoms with van der Waals surface area (Å²) in [4.78, 5) is 11.4. The summed E-state index contributed by atoms with van der Waals surface area (Å²) in [6.07, 6.45) is 0. The minimum atomic E-state index is -0.452. The number of nitrogens with one attached hydrogen (secondary N) is 1. The molecule has 0 atom stereocenters. The number of benzene rings is 1. The zero-order chi connectivity index (χ0) is 14.7. The van der Waals surface area contributed by atoms with Gasteiger partial charge in [-0.3, -0.25) is 0 Å². The fraction of sp³-hybridized carbons (Fsp3) is 0.214. The molecule has 20 heavy (non-hydrogen) atoms. The molecular weight excluding hydrogens is 329 g/mol. The highest BCUT2D eigenvalue weighted by Crippen LogP contribution is 2.21. The van der Waals surface area contributed by atoms with Crippen LogP contribution in [0, 0.1) is 12.7 Å². The van der Waals surface area contributed by atoms with E-state index in [1.807, 2.05) is 0 Å². The van der Waals surface area contributed by atoms with Crippen molar-refractivity contribution in [2.75, 3.05) is 12.4 Å². The second-order valence-corrected chi connectivity index (χ2v) is 5.07. The molecule has 6 heteroatoms. The number of carbonyl (C=O) groups is 1. The van der Waals surface area contributed by atoms with Crippen molar-refractivity contribution in [1.29, 1.82) is 0 Å². The van der Waals surface area contributed by atoms with Gasteiger partial charge in [0.2, 0.25) is 0 Å². The van der Waals surface area contributed by atoms with E-state index >= 15 is 0 Å².